The Balaban J connectivity index is 1.70. The molecule has 3 heterocycles. The van der Waals surface area contributed by atoms with Crippen molar-refractivity contribution in [2.75, 3.05) is 13.2 Å². The number of carbonyl (C=O) groups excluding carboxylic acids is 1. The first-order chi connectivity index (χ1) is 12.9. The van der Waals surface area contributed by atoms with Gasteiger partial charge >= 0.3 is 6.18 Å². The highest BCUT2D eigenvalue weighted by molar-refractivity contribution is 7.15. The van der Waals surface area contributed by atoms with Crippen LogP contribution in [0, 0.1) is 0 Å². The standard InChI is InChI=1S/C18H16F3N3O2S/c19-18(20,21)12-4-1-3-11(7-12)14-8-24-15(10-27-17(24)22-14)16(26)23-6-2-5-13(23)9-25/h1,3-4,7-8,10,13,25H,2,5-6,9H2/t13-/m0/s1. The zero-order chi connectivity index (χ0) is 19.2. The topological polar surface area (TPSA) is 57.8 Å². The van der Waals surface area contributed by atoms with E-state index in [1.165, 1.54) is 17.4 Å². The Labute approximate surface area is 156 Å². The van der Waals surface area contributed by atoms with Crippen molar-refractivity contribution in [3.63, 3.8) is 0 Å². The Morgan fingerprint density at radius 3 is 2.93 bits per heavy atom. The SMILES string of the molecule is O=C(c1csc2nc(-c3cccc(C(F)(F)F)c3)cn12)N1CCC[C@H]1CO. The average Bonchev–Trinajstić information content (AvgIpc) is 3.35. The number of benzene rings is 1. The van der Waals surface area contributed by atoms with Crippen molar-refractivity contribution in [2.24, 2.45) is 0 Å². The zero-order valence-electron chi connectivity index (χ0n) is 14.1. The van der Waals surface area contributed by atoms with Gasteiger partial charge in [-0.25, -0.2) is 4.98 Å². The van der Waals surface area contributed by atoms with Gasteiger partial charge in [-0.2, -0.15) is 13.2 Å². The van der Waals surface area contributed by atoms with Gasteiger partial charge in [0.2, 0.25) is 0 Å². The number of hydrogen-bond acceptors (Lipinski definition) is 4. The van der Waals surface area contributed by atoms with Crippen LogP contribution in [0.1, 0.15) is 28.9 Å². The third-order valence-corrected chi connectivity index (χ3v) is 5.60. The normalized spacial score (nSPS) is 17.8. The first-order valence-electron chi connectivity index (χ1n) is 8.44. The van der Waals surface area contributed by atoms with E-state index < -0.39 is 11.7 Å². The van der Waals surface area contributed by atoms with Crippen LogP contribution in [0.15, 0.2) is 35.8 Å². The lowest BCUT2D eigenvalue weighted by atomic mass is 10.1. The lowest BCUT2D eigenvalue weighted by Gasteiger charge is -2.22. The molecule has 0 bridgehead atoms. The van der Waals surface area contributed by atoms with Crippen molar-refractivity contribution in [3.05, 3.63) is 47.1 Å². The van der Waals surface area contributed by atoms with Gasteiger partial charge in [-0.3, -0.25) is 9.20 Å². The van der Waals surface area contributed by atoms with Gasteiger partial charge in [-0.05, 0) is 25.0 Å². The third-order valence-electron chi connectivity index (χ3n) is 4.76. The number of carbonyl (C=O) groups is 1. The molecule has 3 aromatic rings. The summed E-state index contributed by atoms with van der Waals surface area (Å²) in [5.41, 5.74) is 0.382. The molecule has 1 aromatic carbocycles. The molecule has 0 saturated carbocycles. The van der Waals surface area contributed by atoms with Crippen molar-refractivity contribution in [1.82, 2.24) is 14.3 Å². The summed E-state index contributed by atoms with van der Waals surface area (Å²) < 4.78 is 40.4. The number of halogens is 3. The van der Waals surface area contributed by atoms with Crippen LogP contribution >= 0.6 is 11.3 Å². The summed E-state index contributed by atoms with van der Waals surface area (Å²) in [6.45, 7) is 0.495. The molecule has 2 aromatic heterocycles. The van der Waals surface area contributed by atoms with E-state index in [0.717, 1.165) is 25.0 Å². The van der Waals surface area contributed by atoms with E-state index in [2.05, 4.69) is 4.98 Å². The fourth-order valence-corrected chi connectivity index (χ4v) is 4.22. The molecular formula is C18H16F3N3O2S. The van der Waals surface area contributed by atoms with Gasteiger partial charge in [0.05, 0.1) is 23.9 Å². The van der Waals surface area contributed by atoms with E-state index >= 15 is 0 Å². The number of hydrogen-bond donors (Lipinski definition) is 1. The number of fused-ring (bicyclic) bond motifs is 1. The molecule has 1 atom stereocenters. The number of rotatable bonds is 3. The Bertz CT molecular complexity index is 995. The molecule has 1 N–H and O–H groups in total. The molecule has 0 aliphatic carbocycles. The Morgan fingerprint density at radius 2 is 2.19 bits per heavy atom. The first kappa shape index (κ1) is 18.0. The highest BCUT2D eigenvalue weighted by atomic mass is 32.1. The number of imidazole rings is 1. The lowest BCUT2D eigenvalue weighted by molar-refractivity contribution is -0.137. The van der Waals surface area contributed by atoms with Crippen LogP contribution in [-0.4, -0.2) is 44.5 Å². The predicted molar refractivity (Wildman–Crippen MR) is 94.7 cm³/mol. The van der Waals surface area contributed by atoms with Gasteiger partial charge in [0, 0.05) is 23.7 Å². The van der Waals surface area contributed by atoms with E-state index in [-0.39, 0.29) is 18.6 Å². The Kier molecular flexibility index (Phi) is 4.43. The molecule has 0 radical (unpaired) electrons. The molecule has 1 amide bonds. The maximum Gasteiger partial charge on any atom is 0.416 e. The molecular weight excluding hydrogens is 379 g/mol. The molecule has 1 saturated heterocycles. The second kappa shape index (κ2) is 6.65. The second-order valence-electron chi connectivity index (χ2n) is 6.46. The van der Waals surface area contributed by atoms with E-state index in [4.69, 9.17) is 0 Å². The number of likely N-dealkylation sites (tertiary alicyclic amines) is 1. The number of aliphatic hydroxyl groups excluding tert-OH is 1. The van der Waals surface area contributed by atoms with E-state index in [1.807, 2.05) is 0 Å². The average molecular weight is 395 g/mol. The number of amides is 1. The maximum absolute atomic E-state index is 12.9. The summed E-state index contributed by atoms with van der Waals surface area (Å²) in [6.07, 6.45) is -1.25. The van der Waals surface area contributed by atoms with Gasteiger partial charge in [-0.1, -0.05) is 12.1 Å². The second-order valence-corrected chi connectivity index (χ2v) is 7.29. The molecule has 4 rings (SSSR count). The number of aliphatic hydroxyl groups is 1. The van der Waals surface area contributed by atoms with Crippen LogP contribution < -0.4 is 0 Å². The molecule has 1 fully saturated rings. The summed E-state index contributed by atoms with van der Waals surface area (Å²) in [5, 5.41) is 11.1. The van der Waals surface area contributed by atoms with Crippen LogP contribution in [0.5, 0.6) is 0 Å². The van der Waals surface area contributed by atoms with Crippen molar-refractivity contribution < 1.29 is 23.1 Å². The molecule has 1 aliphatic rings. The highest BCUT2D eigenvalue weighted by Crippen LogP contribution is 2.33. The summed E-state index contributed by atoms with van der Waals surface area (Å²) >= 11 is 1.25. The number of alkyl halides is 3. The maximum atomic E-state index is 12.9. The summed E-state index contributed by atoms with van der Waals surface area (Å²) in [4.78, 5) is 19.4. The molecule has 1 aliphatic heterocycles. The molecule has 9 heteroatoms. The van der Waals surface area contributed by atoms with Crippen LogP contribution in [0.3, 0.4) is 0 Å². The summed E-state index contributed by atoms with van der Waals surface area (Å²) in [6, 6.07) is 4.77. The third kappa shape index (κ3) is 3.21. The van der Waals surface area contributed by atoms with Crippen molar-refractivity contribution in [3.8, 4) is 11.3 Å². The van der Waals surface area contributed by atoms with E-state index in [1.54, 1.807) is 26.9 Å². The lowest BCUT2D eigenvalue weighted by Crippen LogP contribution is -2.38. The van der Waals surface area contributed by atoms with Crippen LogP contribution in [-0.2, 0) is 6.18 Å². The van der Waals surface area contributed by atoms with Gasteiger partial charge in [-0.15, -0.1) is 11.3 Å². The molecule has 142 valence electrons. The smallest absolute Gasteiger partial charge is 0.394 e. The van der Waals surface area contributed by atoms with Crippen molar-refractivity contribution in [2.45, 2.75) is 25.1 Å². The minimum atomic E-state index is -4.43. The summed E-state index contributed by atoms with van der Waals surface area (Å²) in [5.74, 6) is -0.203. The minimum Gasteiger partial charge on any atom is -0.394 e. The van der Waals surface area contributed by atoms with Gasteiger partial charge in [0.25, 0.3) is 5.91 Å². The van der Waals surface area contributed by atoms with Crippen molar-refractivity contribution >= 4 is 22.2 Å². The molecule has 0 unspecified atom stereocenters. The fourth-order valence-electron chi connectivity index (χ4n) is 3.37. The van der Waals surface area contributed by atoms with Gasteiger partial charge in [0.15, 0.2) is 4.96 Å². The number of nitrogens with zero attached hydrogens (tertiary/aromatic N) is 3. The monoisotopic (exact) mass is 395 g/mol. The first-order valence-corrected chi connectivity index (χ1v) is 9.32. The number of thiazole rings is 1. The molecule has 0 spiro atoms. The van der Waals surface area contributed by atoms with Gasteiger partial charge in [0.1, 0.15) is 5.69 Å². The van der Waals surface area contributed by atoms with E-state index in [0.29, 0.717) is 28.5 Å². The van der Waals surface area contributed by atoms with E-state index in [9.17, 15) is 23.1 Å². The van der Waals surface area contributed by atoms with Crippen LogP contribution in [0.2, 0.25) is 0 Å². The number of aromatic nitrogens is 2. The van der Waals surface area contributed by atoms with Crippen LogP contribution in [0.25, 0.3) is 16.2 Å². The molecule has 5 nitrogen and oxygen atoms in total. The zero-order valence-corrected chi connectivity index (χ0v) is 14.9. The molecule has 27 heavy (non-hydrogen) atoms. The quantitative estimate of drug-likeness (QED) is 0.736. The van der Waals surface area contributed by atoms with Crippen molar-refractivity contribution in [1.29, 1.82) is 0 Å². The predicted octanol–water partition coefficient (Wildman–Crippen LogP) is 3.68. The van der Waals surface area contributed by atoms with Crippen LogP contribution in [0.4, 0.5) is 13.2 Å². The minimum absolute atomic E-state index is 0.0849. The largest absolute Gasteiger partial charge is 0.416 e. The van der Waals surface area contributed by atoms with Gasteiger partial charge < -0.3 is 10.0 Å². The fraction of sp³-hybridized carbons (Fsp3) is 0.333. The Hall–Kier alpha value is -2.39. The Morgan fingerprint density at radius 1 is 1.37 bits per heavy atom. The highest BCUT2D eigenvalue weighted by Gasteiger charge is 2.32. The summed E-state index contributed by atoms with van der Waals surface area (Å²) in [7, 11) is 0.